The van der Waals surface area contributed by atoms with Crippen LogP contribution < -0.4 is 5.32 Å². The molecule has 2 unspecified atom stereocenters. The topological polar surface area (TPSA) is 24.9 Å². The lowest BCUT2D eigenvalue weighted by molar-refractivity contribution is 0.771. The van der Waals surface area contributed by atoms with Gasteiger partial charge in [-0.25, -0.2) is 0 Å². The summed E-state index contributed by atoms with van der Waals surface area (Å²) in [5, 5.41) is 3.58. The molecule has 1 aliphatic rings. The molecule has 1 heterocycles. The maximum Gasteiger partial charge on any atom is 0.0683 e. The quantitative estimate of drug-likeness (QED) is 0.839. The Hall–Kier alpha value is -1.06. The number of nitrogens with one attached hydrogen (secondary N) is 1. The summed E-state index contributed by atoms with van der Waals surface area (Å²) in [7, 11) is 0. The number of pyridine rings is 1. The van der Waals surface area contributed by atoms with Gasteiger partial charge in [0.2, 0.25) is 0 Å². The van der Waals surface area contributed by atoms with Crippen LogP contribution in [0.25, 0.3) is 0 Å². The molecule has 1 N–H and O–H groups in total. The minimum absolute atomic E-state index is 0.0856. The fourth-order valence-electron chi connectivity index (χ4n) is 2.37. The summed E-state index contributed by atoms with van der Waals surface area (Å²) < 4.78 is 0.957. The Morgan fingerprint density at radius 3 is 2.94 bits per heavy atom. The Labute approximate surface area is 120 Å². The van der Waals surface area contributed by atoms with Crippen molar-refractivity contribution in [2.45, 2.75) is 17.8 Å². The Morgan fingerprint density at radius 2 is 2.11 bits per heavy atom. The summed E-state index contributed by atoms with van der Waals surface area (Å²) >= 11 is 9.95. The van der Waals surface area contributed by atoms with Gasteiger partial charge in [0.15, 0.2) is 0 Å². The van der Waals surface area contributed by atoms with Gasteiger partial charge in [-0.2, -0.15) is 0 Å². The van der Waals surface area contributed by atoms with Gasteiger partial charge in [0, 0.05) is 12.4 Å². The number of halogens is 2. The van der Waals surface area contributed by atoms with Crippen LogP contribution >= 0.6 is 27.5 Å². The zero-order valence-electron chi connectivity index (χ0n) is 9.61. The Morgan fingerprint density at radius 1 is 1.28 bits per heavy atom. The van der Waals surface area contributed by atoms with Crippen molar-refractivity contribution in [3.05, 3.63) is 58.3 Å². The summed E-state index contributed by atoms with van der Waals surface area (Å²) in [6.45, 7) is 0. The van der Waals surface area contributed by atoms with Gasteiger partial charge in [0.05, 0.1) is 21.6 Å². The first-order valence-corrected chi connectivity index (χ1v) is 7.06. The lowest BCUT2D eigenvalue weighted by atomic mass is 10.1. The molecule has 0 bridgehead atoms. The highest BCUT2D eigenvalue weighted by Crippen LogP contribution is 2.38. The molecular weight excluding hydrogens is 312 g/mol. The molecule has 0 fully saturated rings. The van der Waals surface area contributed by atoms with Crippen molar-refractivity contribution < 1.29 is 0 Å². The van der Waals surface area contributed by atoms with E-state index in [1.54, 1.807) is 12.4 Å². The molecule has 2 aromatic rings. The molecule has 1 aromatic carbocycles. The number of alkyl halides is 1. The molecule has 3 rings (SSSR count). The molecule has 1 aromatic heterocycles. The van der Waals surface area contributed by atoms with Gasteiger partial charge in [-0.3, -0.25) is 4.98 Å². The van der Waals surface area contributed by atoms with Gasteiger partial charge in [0.25, 0.3) is 0 Å². The molecular formula is C14H12BrClN2. The minimum Gasteiger partial charge on any atom is -0.376 e. The van der Waals surface area contributed by atoms with E-state index in [1.807, 2.05) is 6.07 Å². The van der Waals surface area contributed by atoms with E-state index in [1.165, 1.54) is 11.1 Å². The van der Waals surface area contributed by atoms with Crippen molar-refractivity contribution in [3.8, 4) is 0 Å². The van der Waals surface area contributed by atoms with Gasteiger partial charge in [-0.15, -0.1) is 11.6 Å². The van der Waals surface area contributed by atoms with E-state index in [2.05, 4.69) is 50.5 Å². The third kappa shape index (κ3) is 2.13. The third-order valence-corrected chi connectivity index (χ3v) is 4.29. The van der Waals surface area contributed by atoms with E-state index in [-0.39, 0.29) is 11.4 Å². The largest absolute Gasteiger partial charge is 0.376 e. The molecule has 18 heavy (non-hydrogen) atoms. The van der Waals surface area contributed by atoms with Crippen molar-refractivity contribution in [2.24, 2.45) is 0 Å². The zero-order chi connectivity index (χ0) is 12.5. The van der Waals surface area contributed by atoms with E-state index >= 15 is 0 Å². The summed E-state index contributed by atoms with van der Waals surface area (Å²) in [6, 6.07) is 10.5. The van der Waals surface area contributed by atoms with E-state index in [9.17, 15) is 0 Å². The molecule has 2 nitrogen and oxygen atoms in total. The Balaban J connectivity index is 1.92. The molecule has 0 amide bonds. The molecule has 92 valence electrons. The maximum atomic E-state index is 6.45. The average molecular weight is 324 g/mol. The fraction of sp³-hybridized carbons (Fsp3) is 0.214. The summed E-state index contributed by atoms with van der Waals surface area (Å²) in [6.07, 6.45) is 4.47. The van der Waals surface area contributed by atoms with Crippen LogP contribution in [0.3, 0.4) is 0 Å². The molecule has 1 aliphatic carbocycles. The van der Waals surface area contributed by atoms with Gasteiger partial charge in [-0.1, -0.05) is 24.3 Å². The van der Waals surface area contributed by atoms with Crippen LogP contribution in [0.4, 0.5) is 5.69 Å². The number of anilines is 1. The van der Waals surface area contributed by atoms with Crippen molar-refractivity contribution in [1.29, 1.82) is 0 Å². The van der Waals surface area contributed by atoms with Crippen LogP contribution in [0.1, 0.15) is 17.2 Å². The van der Waals surface area contributed by atoms with Gasteiger partial charge < -0.3 is 5.32 Å². The Bertz CT molecular complexity index is 573. The standard InChI is InChI=1S/C14H12BrClN2/c15-11-8-17-6-5-13(11)18-14-10-4-2-1-3-9(10)7-12(14)16/h1-6,8,12,14H,7H2,(H,17,18). The van der Waals surface area contributed by atoms with Crippen molar-refractivity contribution >= 4 is 33.2 Å². The monoisotopic (exact) mass is 322 g/mol. The molecule has 4 heteroatoms. The zero-order valence-corrected chi connectivity index (χ0v) is 11.9. The normalized spacial score (nSPS) is 21.7. The molecule has 0 saturated carbocycles. The van der Waals surface area contributed by atoms with Gasteiger partial charge in [-0.05, 0) is 39.5 Å². The second-order valence-electron chi connectivity index (χ2n) is 4.40. The van der Waals surface area contributed by atoms with Gasteiger partial charge >= 0.3 is 0 Å². The number of aromatic nitrogens is 1. The summed E-state index contributed by atoms with van der Waals surface area (Å²) in [4.78, 5) is 4.06. The van der Waals surface area contributed by atoms with Crippen LogP contribution in [-0.4, -0.2) is 10.4 Å². The highest BCUT2D eigenvalue weighted by Gasteiger charge is 2.30. The summed E-state index contributed by atoms with van der Waals surface area (Å²) in [5.74, 6) is 0. The van der Waals surface area contributed by atoms with E-state index < -0.39 is 0 Å². The molecule has 0 spiro atoms. The second kappa shape index (κ2) is 4.90. The van der Waals surface area contributed by atoms with Crippen molar-refractivity contribution in [3.63, 3.8) is 0 Å². The second-order valence-corrected chi connectivity index (χ2v) is 5.81. The minimum atomic E-state index is 0.0856. The number of hydrogen-bond donors (Lipinski definition) is 1. The van der Waals surface area contributed by atoms with Gasteiger partial charge in [0.1, 0.15) is 0 Å². The average Bonchev–Trinajstić information content (AvgIpc) is 2.69. The van der Waals surface area contributed by atoms with Crippen LogP contribution in [-0.2, 0) is 6.42 Å². The number of nitrogens with zero attached hydrogens (tertiary/aromatic N) is 1. The lowest BCUT2D eigenvalue weighted by Crippen LogP contribution is -2.17. The van der Waals surface area contributed by atoms with Crippen molar-refractivity contribution in [1.82, 2.24) is 4.98 Å². The molecule has 2 atom stereocenters. The number of rotatable bonds is 2. The van der Waals surface area contributed by atoms with Crippen LogP contribution in [0.5, 0.6) is 0 Å². The lowest BCUT2D eigenvalue weighted by Gasteiger charge is -2.19. The number of hydrogen-bond acceptors (Lipinski definition) is 2. The predicted octanol–water partition coefficient (Wildman–Crippen LogP) is 4.16. The predicted molar refractivity (Wildman–Crippen MR) is 78.1 cm³/mol. The maximum absolute atomic E-state index is 6.45. The molecule has 0 radical (unpaired) electrons. The molecule has 0 aliphatic heterocycles. The SMILES string of the molecule is ClC1Cc2ccccc2C1Nc1ccncc1Br. The van der Waals surface area contributed by atoms with E-state index in [0.29, 0.717) is 0 Å². The van der Waals surface area contributed by atoms with E-state index in [0.717, 1.165) is 16.6 Å². The fourth-order valence-corrected chi connectivity index (χ4v) is 3.10. The smallest absolute Gasteiger partial charge is 0.0683 e. The number of fused-ring (bicyclic) bond motifs is 1. The molecule has 0 saturated heterocycles. The van der Waals surface area contributed by atoms with Crippen LogP contribution in [0.2, 0.25) is 0 Å². The third-order valence-electron chi connectivity index (χ3n) is 3.25. The van der Waals surface area contributed by atoms with Crippen LogP contribution in [0, 0.1) is 0 Å². The highest BCUT2D eigenvalue weighted by molar-refractivity contribution is 9.10. The first-order valence-electron chi connectivity index (χ1n) is 5.83. The first-order chi connectivity index (χ1) is 8.75. The summed E-state index contributed by atoms with van der Waals surface area (Å²) in [5.41, 5.74) is 3.65. The van der Waals surface area contributed by atoms with Crippen LogP contribution in [0.15, 0.2) is 47.2 Å². The Kier molecular flexibility index (Phi) is 3.27. The van der Waals surface area contributed by atoms with E-state index in [4.69, 9.17) is 11.6 Å². The number of benzene rings is 1. The van der Waals surface area contributed by atoms with Crippen molar-refractivity contribution in [2.75, 3.05) is 5.32 Å². The first kappa shape index (κ1) is 12.0. The highest BCUT2D eigenvalue weighted by atomic mass is 79.9.